The molecule has 0 atom stereocenters. The van der Waals surface area contributed by atoms with E-state index in [0.717, 1.165) is 12.8 Å². The van der Waals surface area contributed by atoms with Crippen LogP contribution in [0.1, 0.15) is 22.3 Å². The predicted octanol–water partition coefficient (Wildman–Crippen LogP) is 6.12. The molecule has 2 aliphatic carbocycles. The van der Waals surface area contributed by atoms with Gasteiger partial charge >= 0.3 is 0 Å². The third-order valence-corrected chi connectivity index (χ3v) is 5.23. The first-order valence-corrected chi connectivity index (χ1v) is 9.06. The maximum atomic E-state index is 3.30. The first kappa shape index (κ1) is 18.6. The topological polar surface area (TPSA) is 0 Å². The van der Waals surface area contributed by atoms with Gasteiger partial charge in [-0.05, 0) is 12.8 Å². The van der Waals surface area contributed by atoms with Crippen LogP contribution < -0.4 is 0 Å². The molecule has 0 saturated carbocycles. The molecule has 0 aromatic heterocycles. The molecule has 128 valence electrons. The normalized spacial score (nSPS) is 11.9. The van der Waals surface area contributed by atoms with Crippen molar-refractivity contribution in [1.29, 1.82) is 0 Å². The first-order chi connectivity index (χ1) is 12.9. The van der Waals surface area contributed by atoms with Gasteiger partial charge < -0.3 is 0 Å². The molecule has 0 amide bonds. The van der Waals surface area contributed by atoms with E-state index < -0.39 is 0 Å². The number of rotatable bonds is 0. The Morgan fingerprint density at radius 2 is 0.889 bits per heavy atom. The van der Waals surface area contributed by atoms with Gasteiger partial charge in [0, 0.05) is 40.8 Å². The van der Waals surface area contributed by atoms with E-state index in [2.05, 4.69) is 84.9 Å². The molecule has 0 aliphatic heterocycles. The number of benzene rings is 4. The standard InChI is InChI=1S/2C13H9.Nd/c2*1-3-7-12-10(5-1)9-11-6-2-4-8-13(11)12;/h2*1-5,7-8H,9H2;/q2*-1;. The van der Waals surface area contributed by atoms with Crippen molar-refractivity contribution in [2.24, 2.45) is 0 Å². The maximum Gasteiger partial charge on any atom is 0 e. The fourth-order valence-corrected chi connectivity index (χ4v) is 4.00. The van der Waals surface area contributed by atoms with Crippen molar-refractivity contribution in [2.75, 3.05) is 0 Å². The van der Waals surface area contributed by atoms with Crippen molar-refractivity contribution >= 4 is 0 Å². The van der Waals surface area contributed by atoms with Gasteiger partial charge in [0.05, 0.1) is 0 Å². The molecule has 0 unspecified atom stereocenters. The molecule has 0 radical (unpaired) electrons. The van der Waals surface area contributed by atoms with Gasteiger partial charge in [0.15, 0.2) is 0 Å². The fourth-order valence-electron chi connectivity index (χ4n) is 4.00. The van der Waals surface area contributed by atoms with Crippen molar-refractivity contribution in [2.45, 2.75) is 12.8 Å². The Morgan fingerprint density at radius 3 is 1.37 bits per heavy atom. The third kappa shape index (κ3) is 3.53. The molecule has 0 saturated heterocycles. The summed E-state index contributed by atoms with van der Waals surface area (Å²) in [5.74, 6) is 0. The van der Waals surface area contributed by atoms with Crippen LogP contribution in [0, 0.1) is 53.0 Å². The number of hydrogen-bond acceptors (Lipinski definition) is 0. The molecular formula is C26H18Nd-2. The van der Waals surface area contributed by atoms with Crippen molar-refractivity contribution < 1.29 is 40.8 Å². The third-order valence-electron chi connectivity index (χ3n) is 5.23. The summed E-state index contributed by atoms with van der Waals surface area (Å²) in [6.07, 6.45) is 2.10. The van der Waals surface area contributed by atoms with E-state index in [1.165, 1.54) is 44.5 Å². The smallest absolute Gasteiger partial charge is 0 e. The van der Waals surface area contributed by atoms with Crippen LogP contribution in [0.2, 0.25) is 0 Å². The molecular weight excluding hydrogens is 457 g/mol. The summed E-state index contributed by atoms with van der Waals surface area (Å²) in [6.45, 7) is 0. The number of hydrogen-bond donors (Lipinski definition) is 0. The van der Waals surface area contributed by atoms with Crippen LogP contribution in [0.3, 0.4) is 0 Å². The van der Waals surface area contributed by atoms with Gasteiger partial charge in [0.1, 0.15) is 0 Å². The Hall–Kier alpha value is -1.77. The summed E-state index contributed by atoms with van der Waals surface area (Å²) in [5, 5.41) is 0. The van der Waals surface area contributed by atoms with Gasteiger partial charge in [0.2, 0.25) is 0 Å². The van der Waals surface area contributed by atoms with E-state index in [-0.39, 0.29) is 40.8 Å². The summed E-state index contributed by atoms with van der Waals surface area (Å²) in [6, 6.07) is 36.2. The SMILES string of the molecule is [Nd].[c-]1cccc2c1Cc1ccccc1-2.[c-]1cccc2c1Cc1ccccc1-2. The van der Waals surface area contributed by atoms with Gasteiger partial charge in [-0.3, -0.25) is 0 Å². The van der Waals surface area contributed by atoms with Gasteiger partial charge in [-0.1, -0.05) is 70.8 Å². The second kappa shape index (κ2) is 8.08. The maximum absolute atomic E-state index is 3.30. The Bertz CT molecular complexity index is 918. The van der Waals surface area contributed by atoms with Crippen LogP contribution in [0.25, 0.3) is 22.3 Å². The van der Waals surface area contributed by atoms with Crippen LogP contribution in [0.5, 0.6) is 0 Å². The second-order valence-electron chi connectivity index (χ2n) is 6.79. The minimum Gasteiger partial charge on any atom is -0.179 e. The fraction of sp³-hybridized carbons (Fsp3) is 0.0769. The molecule has 1 heteroatoms. The van der Waals surface area contributed by atoms with Crippen molar-refractivity contribution in [3.63, 3.8) is 0 Å². The minimum absolute atomic E-state index is 0. The predicted molar refractivity (Wildman–Crippen MR) is 107 cm³/mol. The van der Waals surface area contributed by atoms with Gasteiger partial charge in [-0.2, -0.15) is 59.7 Å². The molecule has 0 bridgehead atoms. The molecule has 4 aromatic rings. The first-order valence-electron chi connectivity index (χ1n) is 9.06. The molecule has 27 heavy (non-hydrogen) atoms. The summed E-state index contributed by atoms with van der Waals surface area (Å²) in [4.78, 5) is 0. The molecule has 0 N–H and O–H groups in total. The van der Waals surface area contributed by atoms with Crippen LogP contribution in [0.15, 0.2) is 84.9 Å². The molecule has 6 rings (SSSR count). The van der Waals surface area contributed by atoms with E-state index in [1.54, 1.807) is 0 Å². The van der Waals surface area contributed by atoms with Crippen molar-refractivity contribution in [3.05, 3.63) is 119 Å². The zero-order chi connectivity index (χ0) is 17.3. The Morgan fingerprint density at radius 1 is 0.481 bits per heavy atom. The summed E-state index contributed by atoms with van der Waals surface area (Å²) in [7, 11) is 0. The van der Waals surface area contributed by atoms with E-state index >= 15 is 0 Å². The molecule has 0 heterocycles. The van der Waals surface area contributed by atoms with Crippen molar-refractivity contribution in [3.8, 4) is 22.3 Å². The zero-order valence-electron chi connectivity index (χ0n) is 15.0. The largest absolute Gasteiger partial charge is 0.179 e. The van der Waals surface area contributed by atoms with Gasteiger partial charge in [-0.25, -0.2) is 0 Å². The summed E-state index contributed by atoms with van der Waals surface area (Å²) < 4.78 is 0. The van der Waals surface area contributed by atoms with E-state index in [0.29, 0.717) is 0 Å². The molecule has 0 fully saturated rings. The Kier molecular flexibility index (Phi) is 5.56. The number of fused-ring (bicyclic) bond motifs is 6. The van der Waals surface area contributed by atoms with E-state index in [4.69, 9.17) is 0 Å². The van der Waals surface area contributed by atoms with Crippen LogP contribution in [-0.2, 0) is 12.8 Å². The average Bonchev–Trinajstić information content (AvgIpc) is 3.27. The molecule has 0 nitrogen and oxygen atoms in total. The van der Waals surface area contributed by atoms with Crippen LogP contribution >= 0.6 is 0 Å². The zero-order valence-corrected chi connectivity index (χ0v) is 18.2. The van der Waals surface area contributed by atoms with Gasteiger partial charge in [-0.15, -0.1) is 11.1 Å². The monoisotopic (exact) mass is 472 g/mol. The van der Waals surface area contributed by atoms with E-state index in [1.807, 2.05) is 12.1 Å². The minimum atomic E-state index is 0. The molecule has 4 aromatic carbocycles. The molecule has 0 spiro atoms. The summed E-state index contributed by atoms with van der Waals surface area (Å²) >= 11 is 0. The van der Waals surface area contributed by atoms with E-state index in [9.17, 15) is 0 Å². The summed E-state index contributed by atoms with van der Waals surface area (Å²) in [5.41, 5.74) is 11.0. The van der Waals surface area contributed by atoms with Crippen LogP contribution in [-0.4, -0.2) is 0 Å². The van der Waals surface area contributed by atoms with Gasteiger partial charge in [0.25, 0.3) is 0 Å². The van der Waals surface area contributed by atoms with Crippen LogP contribution in [0.4, 0.5) is 0 Å². The Balaban J connectivity index is 0.000000129. The van der Waals surface area contributed by atoms with Crippen molar-refractivity contribution in [1.82, 2.24) is 0 Å². The molecule has 2 aliphatic rings. The second-order valence-corrected chi connectivity index (χ2v) is 6.79. The quantitative estimate of drug-likeness (QED) is 0.233. The Labute approximate surface area is 193 Å². The average molecular weight is 475 g/mol.